The summed E-state index contributed by atoms with van der Waals surface area (Å²) in [6.07, 6.45) is 4.47. The summed E-state index contributed by atoms with van der Waals surface area (Å²) in [4.78, 5) is 15.6. The van der Waals surface area contributed by atoms with E-state index < -0.39 is 0 Å². The highest BCUT2D eigenvalue weighted by atomic mass is 32.2. The van der Waals surface area contributed by atoms with Gasteiger partial charge in [0.25, 0.3) is 0 Å². The van der Waals surface area contributed by atoms with E-state index in [9.17, 15) is 0 Å². The molecule has 2 aromatic heterocycles. The van der Waals surface area contributed by atoms with Gasteiger partial charge in [-0.3, -0.25) is 4.98 Å². The van der Waals surface area contributed by atoms with Gasteiger partial charge in [0.2, 0.25) is 5.95 Å². The Kier molecular flexibility index (Phi) is 6.37. The molecule has 0 bridgehead atoms. The number of hydrogen-bond donors (Lipinski definition) is 3. The van der Waals surface area contributed by atoms with Crippen molar-refractivity contribution in [2.75, 3.05) is 23.8 Å². The van der Waals surface area contributed by atoms with Crippen molar-refractivity contribution in [3.05, 3.63) is 88.3 Å². The quantitative estimate of drug-likeness (QED) is 0.515. The van der Waals surface area contributed by atoms with Crippen LogP contribution in [-0.4, -0.2) is 28.5 Å². The van der Waals surface area contributed by atoms with Crippen LogP contribution in [0.1, 0.15) is 18.2 Å². The average Bonchev–Trinajstić information content (AvgIpc) is 3.25. The van der Waals surface area contributed by atoms with Crippen LogP contribution in [0.5, 0.6) is 0 Å². The van der Waals surface area contributed by atoms with Crippen molar-refractivity contribution in [1.82, 2.24) is 20.3 Å². The second-order valence-electron chi connectivity index (χ2n) is 7.15. The van der Waals surface area contributed by atoms with Crippen LogP contribution in [0.3, 0.4) is 0 Å². The van der Waals surface area contributed by atoms with Gasteiger partial charge >= 0.3 is 0 Å². The van der Waals surface area contributed by atoms with Crippen LogP contribution in [0, 0.1) is 0 Å². The maximum atomic E-state index is 6.48. The fraction of sp³-hybridized carbons (Fsp3) is 0.174. The first-order valence-corrected chi connectivity index (χ1v) is 10.9. The molecule has 3 heterocycles. The lowest BCUT2D eigenvalue weighted by atomic mass is 10.2. The lowest BCUT2D eigenvalue weighted by Gasteiger charge is -2.20. The van der Waals surface area contributed by atoms with E-state index in [1.54, 1.807) is 18.0 Å². The third-order valence-electron chi connectivity index (χ3n) is 4.80. The van der Waals surface area contributed by atoms with Gasteiger partial charge in [0.15, 0.2) is 0 Å². The number of hydrogen-bond acceptors (Lipinski definition) is 8. The molecule has 8 heteroatoms. The monoisotopic (exact) mass is 431 g/mol. The molecule has 0 unspecified atom stereocenters. The van der Waals surface area contributed by atoms with Crippen molar-refractivity contribution in [2.24, 2.45) is 5.73 Å². The van der Waals surface area contributed by atoms with Gasteiger partial charge in [0, 0.05) is 43.4 Å². The summed E-state index contributed by atoms with van der Waals surface area (Å²) in [5.74, 6) is 1.30. The number of thioether (sulfide) groups is 1. The third kappa shape index (κ3) is 5.16. The van der Waals surface area contributed by atoms with E-state index in [-0.39, 0.29) is 0 Å². The Morgan fingerprint density at radius 3 is 2.71 bits per heavy atom. The third-order valence-corrected chi connectivity index (χ3v) is 5.83. The van der Waals surface area contributed by atoms with E-state index in [1.807, 2.05) is 72.9 Å². The summed E-state index contributed by atoms with van der Waals surface area (Å²) in [5.41, 5.74) is 11.0. The second kappa shape index (κ2) is 9.53. The van der Waals surface area contributed by atoms with Gasteiger partial charge in [-0.1, -0.05) is 36.0 Å². The number of nitrogens with one attached hydrogen (secondary N) is 2. The summed E-state index contributed by atoms with van der Waals surface area (Å²) < 4.78 is 0. The van der Waals surface area contributed by atoms with Crippen LogP contribution in [0.4, 0.5) is 17.5 Å². The van der Waals surface area contributed by atoms with Crippen molar-refractivity contribution in [3.63, 3.8) is 0 Å². The van der Waals surface area contributed by atoms with Crippen molar-refractivity contribution >= 4 is 34.9 Å². The maximum Gasteiger partial charge on any atom is 0.225 e. The molecule has 1 aromatic carbocycles. The van der Waals surface area contributed by atoms with E-state index in [0.29, 0.717) is 23.9 Å². The van der Waals surface area contributed by atoms with Crippen molar-refractivity contribution < 1.29 is 0 Å². The SMILES string of the molecule is CC1=CS/C(=C(/N)c2cc(N(C)c3ccccc3)nc(NCCc3cccnc3)n2)N1. The van der Waals surface area contributed by atoms with Gasteiger partial charge in [0.1, 0.15) is 10.8 Å². The summed E-state index contributed by atoms with van der Waals surface area (Å²) >= 11 is 1.57. The predicted octanol–water partition coefficient (Wildman–Crippen LogP) is 4.08. The summed E-state index contributed by atoms with van der Waals surface area (Å²) in [7, 11) is 1.98. The molecule has 0 amide bonds. The number of pyridine rings is 1. The lowest BCUT2D eigenvalue weighted by Crippen LogP contribution is -2.17. The average molecular weight is 432 g/mol. The Morgan fingerprint density at radius 1 is 1.16 bits per heavy atom. The van der Waals surface area contributed by atoms with Crippen molar-refractivity contribution in [1.29, 1.82) is 0 Å². The smallest absolute Gasteiger partial charge is 0.225 e. The molecular formula is C23H25N7S. The second-order valence-corrected chi connectivity index (χ2v) is 8.03. The molecule has 7 nitrogen and oxygen atoms in total. The summed E-state index contributed by atoms with van der Waals surface area (Å²) in [5, 5.41) is 9.55. The Balaban J connectivity index is 1.62. The molecule has 1 aliphatic rings. The molecule has 158 valence electrons. The van der Waals surface area contributed by atoms with Gasteiger partial charge in [-0.25, -0.2) is 4.98 Å². The van der Waals surface area contributed by atoms with Crippen LogP contribution in [0.25, 0.3) is 5.70 Å². The number of allylic oxidation sites excluding steroid dienone is 1. The fourth-order valence-electron chi connectivity index (χ4n) is 3.10. The molecular weight excluding hydrogens is 406 g/mol. The van der Waals surface area contributed by atoms with Crippen LogP contribution >= 0.6 is 11.8 Å². The molecule has 0 spiro atoms. The number of aromatic nitrogens is 3. The van der Waals surface area contributed by atoms with Crippen LogP contribution in [0.15, 0.2) is 77.1 Å². The number of anilines is 3. The highest BCUT2D eigenvalue weighted by molar-refractivity contribution is 8.06. The molecule has 4 rings (SSSR count). The number of benzene rings is 1. The molecule has 4 N–H and O–H groups in total. The summed E-state index contributed by atoms with van der Waals surface area (Å²) in [6.45, 7) is 2.70. The minimum absolute atomic E-state index is 0.537. The first-order valence-electron chi connectivity index (χ1n) is 10.0. The molecule has 0 atom stereocenters. The molecule has 1 aliphatic heterocycles. The largest absolute Gasteiger partial charge is 0.395 e. The predicted molar refractivity (Wildman–Crippen MR) is 129 cm³/mol. The highest BCUT2D eigenvalue weighted by Gasteiger charge is 2.16. The minimum atomic E-state index is 0.537. The molecule has 0 aliphatic carbocycles. The Labute approximate surface area is 186 Å². The normalized spacial score (nSPS) is 14.6. The zero-order chi connectivity index (χ0) is 21.6. The van der Waals surface area contributed by atoms with E-state index in [4.69, 9.17) is 10.7 Å². The van der Waals surface area contributed by atoms with E-state index >= 15 is 0 Å². The molecule has 0 saturated heterocycles. The highest BCUT2D eigenvalue weighted by Crippen LogP contribution is 2.30. The van der Waals surface area contributed by atoms with Gasteiger partial charge in [0.05, 0.1) is 11.4 Å². The summed E-state index contributed by atoms with van der Waals surface area (Å²) in [6, 6.07) is 16.0. The standard InChI is InChI=1S/C23H25N7S/c1-16-15-31-22(27-16)21(24)19-13-20(30(2)18-8-4-3-5-9-18)29-23(28-19)26-12-10-17-7-6-11-25-14-17/h3-9,11,13-15,27H,10,12,24H2,1-2H3,(H,26,28,29)/b22-21+. The van der Waals surface area contributed by atoms with Gasteiger partial charge in [-0.05, 0) is 42.5 Å². The van der Waals surface area contributed by atoms with Crippen molar-refractivity contribution in [2.45, 2.75) is 13.3 Å². The first kappa shape index (κ1) is 20.7. The van der Waals surface area contributed by atoms with E-state index in [2.05, 4.69) is 26.7 Å². The maximum absolute atomic E-state index is 6.48. The van der Waals surface area contributed by atoms with Crippen LogP contribution < -0.4 is 21.3 Å². The zero-order valence-corrected chi connectivity index (χ0v) is 18.4. The topological polar surface area (TPSA) is 92.0 Å². The Bertz CT molecular complexity index is 1100. The Morgan fingerprint density at radius 2 is 2.00 bits per heavy atom. The zero-order valence-electron chi connectivity index (χ0n) is 17.5. The van der Waals surface area contributed by atoms with Gasteiger partial charge in [-0.15, -0.1) is 0 Å². The minimum Gasteiger partial charge on any atom is -0.395 e. The fourth-order valence-corrected chi connectivity index (χ4v) is 3.91. The molecule has 3 aromatic rings. The lowest BCUT2D eigenvalue weighted by molar-refractivity contribution is 0.963. The molecule has 0 saturated carbocycles. The van der Waals surface area contributed by atoms with Gasteiger partial charge < -0.3 is 21.3 Å². The van der Waals surface area contributed by atoms with Gasteiger partial charge in [-0.2, -0.15) is 4.98 Å². The van der Waals surface area contributed by atoms with Crippen molar-refractivity contribution in [3.8, 4) is 0 Å². The van der Waals surface area contributed by atoms with Crippen LogP contribution in [0.2, 0.25) is 0 Å². The molecule has 0 radical (unpaired) electrons. The first-order chi connectivity index (χ1) is 15.1. The van der Waals surface area contributed by atoms with E-state index in [0.717, 1.165) is 34.2 Å². The number of para-hydroxylation sites is 1. The molecule has 31 heavy (non-hydrogen) atoms. The number of nitrogens with zero attached hydrogens (tertiary/aromatic N) is 4. The van der Waals surface area contributed by atoms with E-state index in [1.165, 1.54) is 0 Å². The molecule has 0 fully saturated rings. The Hall–Kier alpha value is -3.52. The number of rotatable bonds is 7. The van der Waals surface area contributed by atoms with Crippen LogP contribution in [-0.2, 0) is 6.42 Å². The number of nitrogens with two attached hydrogens (primary N) is 1.